The molecule has 0 radical (unpaired) electrons. The number of nitriles is 1. The summed E-state index contributed by atoms with van der Waals surface area (Å²) in [4.78, 5) is 29.4. The number of H-pyrrole nitrogens is 1. The fourth-order valence-electron chi connectivity index (χ4n) is 5.81. The number of piperidine rings is 1. The third kappa shape index (κ3) is 6.16. The molecular formula is C32H37N7O. The van der Waals surface area contributed by atoms with Gasteiger partial charge >= 0.3 is 0 Å². The minimum Gasteiger partial charge on any atom is -0.364 e. The molecule has 1 unspecified atom stereocenters. The number of amides is 1. The number of aryl methyl sites for hydroxylation is 2. The Kier molecular flexibility index (Phi) is 8.42. The Hall–Kier alpha value is -4.22. The molecule has 4 aromatic rings. The summed E-state index contributed by atoms with van der Waals surface area (Å²) in [7, 11) is 0. The van der Waals surface area contributed by atoms with Crippen molar-refractivity contribution in [2.24, 2.45) is 0 Å². The summed E-state index contributed by atoms with van der Waals surface area (Å²) in [5.74, 6) is -0.1000. The van der Waals surface area contributed by atoms with Crippen LogP contribution < -0.4 is 10.2 Å². The van der Waals surface area contributed by atoms with E-state index < -0.39 is 0 Å². The number of carbonyl (C=O) groups is 1. The minimum absolute atomic E-state index is 0.1000. The van der Waals surface area contributed by atoms with E-state index in [4.69, 9.17) is 0 Å². The number of benzene rings is 2. The first-order valence-corrected chi connectivity index (χ1v) is 14.1. The summed E-state index contributed by atoms with van der Waals surface area (Å²) in [5, 5.41) is 13.7. The Morgan fingerprint density at radius 3 is 2.67 bits per heavy atom. The van der Waals surface area contributed by atoms with Crippen LogP contribution in [0.3, 0.4) is 0 Å². The van der Waals surface area contributed by atoms with Gasteiger partial charge in [-0.1, -0.05) is 12.1 Å². The van der Waals surface area contributed by atoms with Crippen LogP contribution >= 0.6 is 0 Å². The number of rotatable bonds is 9. The maximum atomic E-state index is 12.7. The molecule has 3 heterocycles. The van der Waals surface area contributed by atoms with Crippen molar-refractivity contribution in [1.29, 1.82) is 5.26 Å². The number of aromatic nitrogens is 3. The predicted octanol–water partition coefficient (Wildman–Crippen LogP) is 5.13. The van der Waals surface area contributed by atoms with Crippen molar-refractivity contribution < 1.29 is 4.79 Å². The van der Waals surface area contributed by atoms with Gasteiger partial charge in [-0.15, -0.1) is 0 Å². The Bertz CT molecular complexity index is 1490. The average molecular weight is 536 g/mol. The molecule has 40 heavy (non-hydrogen) atoms. The normalized spacial score (nSPS) is 15.1. The minimum atomic E-state index is -0.1000. The van der Waals surface area contributed by atoms with Crippen molar-refractivity contribution in [3.05, 3.63) is 89.1 Å². The summed E-state index contributed by atoms with van der Waals surface area (Å²) < 4.78 is 0. The van der Waals surface area contributed by atoms with E-state index in [1.54, 1.807) is 0 Å². The van der Waals surface area contributed by atoms with Crippen molar-refractivity contribution in [1.82, 2.24) is 25.2 Å². The molecular weight excluding hydrogens is 498 g/mol. The second-order valence-corrected chi connectivity index (χ2v) is 10.8. The van der Waals surface area contributed by atoms with Crippen molar-refractivity contribution in [2.45, 2.75) is 58.7 Å². The monoisotopic (exact) mass is 535 g/mol. The highest BCUT2D eigenvalue weighted by Crippen LogP contribution is 2.29. The van der Waals surface area contributed by atoms with Gasteiger partial charge in [-0.05, 0) is 82.0 Å². The first-order valence-electron chi connectivity index (χ1n) is 14.1. The number of fused-ring (bicyclic) bond motifs is 1. The number of aromatic amines is 1. The molecule has 5 rings (SSSR count). The Balaban J connectivity index is 1.21. The summed E-state index contributed by atoms with van der Waals surface area (Å²) in [6.07, 6.45) is 6.47. The number of likely N-dealkylation sites (tertiary alicyclic amines) is 1. The molecule has 1 atom stereocenters. The molecule has 0 bridgehead atoms. The second kappa shape index (κ2) is 12.3. The molecule has 0 saturated carbocycles. The van der Waals surface area contributed by atoms with E-state index in [9.17, 15) is 10.1 Å². The van der Waals surface area contributed by atoms with E-state index in [1.807, 2.05) is 38.2 Å². The SMILES string of the molecule is Cc1ncnc(C)c1C(=O)NCCC(C)N1CCC(N(Cc2cccc(C#N)c2)c2ccc3[nH]ccc3c2)CC1. The van der Waals surface area contributed by atoms with E-state index in [0.717, 1.165) is 50.0 Å². The Labute approximate surface area is 236 Å². The van der Waals surface area contributed by atoms with Crippen LogP contribution in [0, 0.1) is 25.2 Å². The first-order chi connectivity index (χ1) is 19.4. The molecule has 206 valence electrons. The highest BCUT2D eigenvalue weighted by molar-refractivity contribution is 5.96. The topological polar surface area (TPSA) is 101 Å². The van der Waals surface area contributed by atoms with Crippen molar-refractivity contribution in [3.8, 4) is 6.07 Å². The molecule has 1 aliphatic rings. The van der Waals surface area contributed by atoms with Crippen molar-refractivity contribution >= 4 is 22.5 Å². The molecule has 1 amide bonds. The largest absolute Gasteiger partial charge is 0.364 e. The standard InChI is InChI=1S/C32H37N7O/c1-22(9-13-35-32(40)31-23(2)36-21-37-24(31)3)38-15-11-28(12-16-38)39(20-26-6-4-5-25(17-26)19-33)29-7-8-30-27(18-29)10-14-34-30/h4-8,10,14,17-18,21-22,28,34H,9,11-13,15-16,20H2,1-3H3,(H,35,40). The lowest BCUT2D eigenvalue weighted by molar-refractivity contribution is 0.0943. The Morgan fingerprint density at radius 1 is 1.15 bits per heavy atom. The molecule has 2 aromatic heterocycles. The maximum absolute atomic E-state index is 12.7. The fraction of sp³-hybridized carbons (Fsp3) is 0.375. The van der Waals surface area contributed by atoms with Gasteiger partial charge in [0.1, 0.15) is 6.33 Å². The van der Waals surface area contributed by atoms with Gasteiger partial charge in [-0.3, -0.25) is 4.79 Å². The Morgan fingerprint density at radius 2 is 1.93 bits per heavy atom. The van der Waals surface area contributed by atoms with Crippen LogP contribution in [0.1, 0.15) is 59.1 Å². The number of carbonyl (C=O) groups excluding carboxylic acids is 1. The third-order valence-corrected chi connectivity index (χ3v) is 8.14. The van der Waals surface area contributed by atoms with Crippen molar-refractivity contribution in [3.63, 3.8) is 0 Å². The number of hydrogen-bond acceptors (Lipinski definition) is 6. The van der Waals surface area contributed by atoms with Crippen LogP contribution in [0.2, 0.25) is 0 Å². The number of hydrogen-bond donors (Lipinski definition) is 2. The molecule has 8 heteroatoms. The number of anilines is 1. The molecule has 0 spiro atoms. The summed E-state index contributed by atoms with van der Waals surface area (Å²) in [5.41, 5.74) is 6.18. The zero-order valence-electron chi connectivity index (χ0n) is 23.5. The van der Waals surface area contributed by atoms with Gasteiger partial charge in [0, 0.05) is 61.0 Å². The van der Waals surface area contributed by atoms with Crippen molar-refractivity contribution in [2.75, 3.05) is 24.5 Å². The van der Waals surface area contributed by atoms with Crippen LogP contribution in [0.15, 0.2) is 61.1 Å². The molecule has 1 saturated heterocycles. The molecule has 2 N–H and O–H groups in total. The quantitative estimate of drug-likeness (QED) is 0.308. The zero-order valence-corrected chi connectivity index (χ0v) is 23.5. The molecule has 1 aliphatic heterocycles. The first kappa shape index (κ1) is 27.4. The van der Waals surface area contributed by atoms with E-state index in [2.05, 4.69) is 73.4 Å². The average Bonchev–Trinajstić information content (AvgIpc) is 3.44. The van der Waals surface area contributed by atoms with Gasteiger partial charge in [0.05, 0.1) is 28.6 Å². The molecule has 8 nitrogen and oxygen atoms in total. The van der Waals surface area contributed by atoms with Crippen LogP contribution in [-0.4, -0.2) is 57.5 Å². The highest BCUT2D eigenvalue weighted by Gasteiger charge is 2.27. The van der Waals surface area contributed by atoms with Gasteiger partial charge < -0.3 is 20.1 Å². The van der Waals surface area contributed by atoms with E-state index in [0.29, 0.717) is 41.1 Å². The van der Waals surface area contributed by atoms with Crippen LogP contribution in [0.5, 0.6) is 0 Å². The van der Waals surface area contributed by atoms with Gasteiger partial charge in [0.25, 0.3) is 5.91 Å². The van der Waals surface area contributed by atoms with E-state index >= 15 is 0 Å². The highest BCUT2D eigenvalue weighted by atomic mass is 16.1. The smallest absolute Gasteiger partial charge is 0.254 e. The van der Waals surface area contributed by atoms with Crippen LogP contribution in [0.4, 0.5) is 5.69 Å². The van der Waals surface area contributed by atoms with Gasteiger partial charge in [0.15, 0.2) is 0 Å². The lowest BCUT2D eigenvalue weighted by atomic mass is 9.98. The third-order valence-electron chi connectivity index (χ3n) is 8.14. The summed E-state index contributed by atoms with van der Waals surface area (Å²) >= 11 is 0. The lowest BCUT2D eigenvalue weighted by Gasteiger charge is -2.42. The molecule has 2 aromatic carbocycles. The van der Waals surface area contributed by atoms with E-state index in [-0.39, 0.29) is 5.91 Å². The van der Waals surface area contributed by atoms with Crippen LogP contribution in [-0.2, 0) is 6.54 Å². The lowest BCUT2D eigenvalue weighted by Crippen LogP contribution is -2.48. The van der Waals surface area contributed by atoms with Gasteiger partial charge in [0.2, 0.25) is 0 Å². The number of nitrogens with one attached hydrogen (secondary N) is 2. The second-order valence-electron chi connectivity index (χ2n) is 10.8. The zero-order chi connectivity index (χ0) is 28.1. The van der Waals surface area contributed by atoms with Gasteiger partial charge in [-0.25, -0.2) is 9.97 Å². The fourth-order valence-corrected chi connectivity index (χ4v) is 5.81. The number of nitrogens with zero attached hydrogens (tertiary/aromatic N) is 5. The van der Waals surface area contributed by atoms with Crippen LogP contribution in [0.25, 0.3) is 10.9 Å². The molecule has 0 aliphatic carbocycles. The summed E-state index contributed by atoms with van der Waals surface area (Å²) in [6.45, 7) is 9.33. The van der Waals surface area contributed by atoms with Gasteiger partial charge in [-0.2, -0.15) is 5.26 Å². The molecule has 1 fully saturated rings. The predicted molar refractivity (Wildman–Crippen MR) is 158 cm³/mol. The van der Waals surface area contributed by atoms with E-state index in [1.165, 1.54) is 17.4 Å². The summed E-state index contributed by atoms with van der Waals surface area (Å²) in [6, 6.07) is 19.7. The maximum Gasteiger partial charge on any atom is 0.254 e.